The lowest BCUT2D eigenvalue weighted by atomic mass is 10.1. The van der Waals surface area contributed by atoms with Crippen molar-refractivity contribution >= 4 is 39.8 Å². The number of nitrogens with two attached hydrogens (primary N) is 1. The van der Waals surface area contributed by atoms with Gasteiger partial charge in [-0.15, -0.1) is 24.0 Å². The molecule has 0 aliphatic heterocycles. The highest BCUT2D eigenvalue weighted by Crippen LogP contribution is 2.14. The molecule has 0 fully saturated rings. The Morgan fingerprint density at radius 1 is 1.08 bits per heavy atom. The third-order valence-corrected chi connectivity index (χ3v) is 5.10. The van der Waals surface area contributed by atoms with Gasteiger partial charge >= 0.3 is 0 Å². The van der Waals surface area contributed by atoms with Gasteiger partial charge in [0.2, 0.25) is 0 Å². The molecule has 25 heavy (non-hydrogen) atoms. The van der Waals surface area contributed by atoms with E-state index in [0.29, 0.717) is 6.54 Å². The van der Waals surface area contributed by atoms with E-state index in [0.717, 1.165) is 12.5 Å². The molecule has 0 aliphatic rings. The number of guanidine groups is 1. The molecular formula is C17H21FIN3O2S. The number of hydrogen-bond donors (Lipinski definition) is 2. The molecule has 5 nitrogen and oxygen atoms in total. The fourth-order valence-corrected chi connectivity index (χ4v) is 3.33. The normalized spacial score (nSPS) is 11.6. The summed E-state index contributed by atoms with van der Waals surface area (Å²) >= 11 is 0. The molecule has 136 valence electrons. The average molecular weight is 477 g/mol. The second-order valence-electron chi connectivity index (χ2n) is 5.18. The Morgan fingerprint density at radius 3 is 2.40 bits per heavy atom. The summed E-state index contributed by atoms with van der Waals surface area (Å²) in [4.78, 5) is 3.67. The maximum atomic E-state index is 13.5. The first kappa shape index (κ1) is 21.4. The van der Waals surface area contributed by atoms with E-state index in [1.165, 1.54) is 23.8 Å². The Balaban J connectivity index is 0.00000312. The molecule has 8 heteroatoms. The van der Waals surface area contributed by atoms with Crippen LogP contribution in [0.2, 0.25) is 0 Å². The van der Waals surface area contributed by atoms with Crippen LogP contribution in [-0.4, -0.2) is 33.2 Å². The summed E-state index contributed by atoms with van der Waals surface area (Å²) in [5.41, 5.74) is 6.87. The predicted molar refractivity (Wildman–Crippen MR) is 109 cm³/mol. The molecule has 0 spiro atoms. The number of benzene rings is 2. The van der Waals surface area contributed by atoms with Crippen molar-refractivity contribution in [1.29, 1.82) is 0 Å². The summed E-state index contributed by atoms with van der Waals surface area (Å²) in [6.07, 6.45) is 0.782. The number of sulfone groups is 1. The van der Waals surface area contributed by atoms with Crippen LogP contribution in [0.25, 0.3) is 0 Å². The molecule has 2 rings (SSSR count). The average Bonchev–Trinajstić information content (AvgIpc) is 2.56. The van der Waals surface area contributed by atoms with Gasteiger partial charge < -0.3 is 11.1 Å². The first-order valence-electron chi connectivity index (χ1n) is 7.54. The van der Waals surface area contributed by atoms with Crippen molar-refractivity contribution in [3.63, 3.8) is 0 Å². The Bertz CT molecular complexity index is 799. The lowest BCUT2D eigenvalue weighted by Gasteiger charge is -2.06. The van der Waals surface area contributed by atoms with Crippen molar-refractivity contribution in [3.8, 4) is 0 Å². The van der Waals surface area contributed by atoms with Crippen LogP contribution in [-0.2, 0) is 16.3 Å². The van der Waals surface area contributed by atoms with Gasteiger partial charge in [-0.3, -0.25) is 4.99 Å². The van der Waals surface area contributed by atoms with Crippen LogP contribution >= 0.6 is 24.0 Å². The van der Waals surface area contributed by atoms with Crippen LogP contribution in [0.15, 0.2) is 64.5 Å². The Labute approximate surface area is 164 Å². The molecule has 0 unspecified atom stereocenters. The third-order valence-electron chi connectivity index (χ3n) is 3.38. The standard InChI is InChI=1S/C17H20FN3O2S.HI/c18-15-8-4-5-9-16(15)24(22,23)13-12-21-17(19)20-11-10-14-6-2-1-3-7-14;/h1-9H,10-13H2,(H3,19,20,21);1H. The highest BCUT2D eigenvalue weighted by atomic mass is 127. The van der Waals surface area contributed by atoms with Gasteiger partial charge in [0.1, 0.15) is 10.7 Å². The van der Waals surface area contributed by atoms with E-state index in [9.17, 15) is 12.8 Å². The van der Waals surface area contributed by atoms with E-state index in [4.69, 9.17) is 5.73 Å². The van der Waals surface area contributed by atoms with Crippen molar-refractivity contribution in [1.82, 2.24) is 5.32 Å². The number of nitrogens with zero attached hydrogens (tertiary/aromatic N) is 1. The first-order chi connectivity index (χ1) is 11.5. The highest BCUT2D eigenvalue weighted by molar-refractivity contribution is 14.0. The minimum Gasteiger partial charge on any atom is -0.370 e. The lowest BCUT2D eigenvalue weighted by Crippen LogP contribution is -2.33. The number of nitrogens with one attached hydrogen (secondary N) is 1. The zero-order valence-electron chi connectivity index (χ0n) is 13.6. The van der Waals surface area contributed by atoms with Crippen molar-refractivity contribution in [3.05, 3.63) is 66.0 Å². The molecule has 0 aromatic heterocycles. The van der Waals surface area contributed by atoms with Crippen molar-refractivity contribution in [2.75, 3.05) is 18.8 Å². The molecule has 0 bridgehead atoms. The first-order valence-corrected chi connectivity index (χ1v) is 9.19. The third kappa shape index (κ3) is 6.99. The number of aliphatic imine (C=N–C) groups is 1. The zero-order valence-corrected chi connectivity index (χ0v) is 16.7. The van der Waals surface area contributed by atoms with E-state index >= 15 is 0 Å². The van der Waals surface area contributed by atoms with Gasteiger partial charge in [0, 0.05) is 6.54 Å². The van der Waals surface area contributed by atoms with Crippen LogP contribution in [0, 0.1) is 5.82 Å². The van der Waals surface area contributed by atoms with Gasteiger partial charge in [-0.05, 0) is 24.1 Å². The molecule has 0 saturated carbocycles. The van der Waals surface area contributed by atoms with E-state index in [-0.39, 0.29) is 47.1 Å². The van der Waals surface area contributed by atoms with E-state index in [1.54, 1.807) is 0 Å². The lowest BCUT2D eigenvalue weighted by molar-refractivity contribution is 0.567. The van der Waals surface area contributed by atoms with Gasteiger partial charge in [0.25, 0.3) is 0 Å². The van der Waals surface area contributed by atoms with E-state index in [2.05, 4.69) is 10.3 Å². The van der Waals surface area contributed by atoms with Crippen molar-refractivity contribution < 1.29 is 12.8 Å². The highest BCUT2D eigenvalue weighted by Gasteiger charge is 2.17. The number of halogens is 2. The Morgan fingerprint density at radius 2 is 1.72 bits per heavy atom. The van der Waals surface area contributed by atoms with Crippen LogP contribution < -0.4 is 11.1 Å². The van der Waals surface area contributed by atoms with E-state index < -0.39 is 15.7 Å². The summed E-state index contributed by atoms with van der Waals surface area (Å²) in [5.74, 6) is -0.875. The second-order valence-corrected chi connectivity index (χ2v) is 7.26. The quantitative estimate of drug-likeness (QED) is 0.365. The molecule has 2 aromatic carbocycles. The Kier molecular flexibility index (Phi) is 8.84. The molecule has 0 radical (unpaired) electrons. The maximum absolute atomic E-state index is 13.5. The van der Waals surface area contributed by atoms with Gasteiger partial charge in [-0.1, -0.05) is 42.5 Å². The zero-order chi connectivity index (χ0) is 17.4. The smallest absolute Gasteiger partial charge is 0.188 e. The van der Waals surface area contributed by atoms with Gasteiger partial charge in [-0.25, -0.2) is 12.8 Å². The van der Waals surface area contributed by atoms with Crippen LogP contribution in [0.5, 0.6) is 0 Å². The molecule has 0 atom stereocenters. The summed E-state index contributed by atoms with van der Waals surface area (Å²) in [7, 11) is -3.72. The minimum atomic E-state index is -3.72. The maximum Gasteiger partial charge on any atom is 0.188 e. The number of hydrogen-bond acceptors (Lipinski definition) is 3. The summed E-state index contributed by atoms with van der Waals surface area (Å²) < 4.78 is 37.7. The molecule has 0 aliphatic carbocycles. The second kappa shape index (κ2) is 10.3. The van der Waals surface area contributed by atoms with Crippen LogP contribution in [0.1, 0.15) is 5.56 Å². The SMILES string of the molecule is I.NC(=NCCS(=O)(=O)c1ccccc1F)NCCc1ccccc1. The molecule has 0 amide bonds. The summed E-state index contributed by atoms with van der Waals surface area (Å²) in [6, 6.07) is 15.2. The van der Waals surface area contributed by atoms with Gasteiger partial charge in [-0.2, -0.15) is 0 Å². The molecule has 2 aromatic rings. The van der Waals surface area contributed by atoms with E-state index in [1.807, 2.05) is 30.3 Å². The molecule has 0 saturated heterocycles. The van der Waals surface area contributed by atoms with Crippen LogP contribution in [0.4, 0.5) is 4.39 Å². The molecule has 0 heterocycles. The van der Waals surface area contributed by atoms with Gasteiger partial charge in [0.05, 0.1) is 12.3 Å². The monoisotopic (exact) mass is 477 g/mol. The molecular weight excluding hydrogens is 456 g/mol. The number of rotatable bonds is 7. The summed E-state index contributed by atoms with van der Waals surface area (Å²) in [6.45, 7) is 0.570. The summed E-state index contributed by atoms with van der Waals surface area (Å²) in [5, 5.41) is 2.93. The van der Waals surface area contributed by atoms with Crippen molar-refractivity contribution in [2.24, 2.45) is 10.7 Å². The fourth-order valence-electron chi connectivity index (χ4n) is 2.13. The van der Waals surface area contributed by atoms with Crippen LogP contribution in [0.3, 0.4) is 0 Å². The van der Waals surface area contributed by atoms with Crippen molar-refractivity contribution in [2.45, 2.75) is 11.3 Å². The minimum absolute atomic E-state index is 0. The fraction of sp³-hybridized carbons (Fsp3) is 0.235. The topological polar surface area (TPSA) is 84.5 Å². The Hall–Kier alpha value is -1.68. The van der Waals surface area contributed by atoms with Gasteiger partial charge in [0.15, 0.2) is 15.8 Å². The predicted octanol–water partition coefficient (Wildman–Crippen LogP) is 2.36. The largest absolute Gasteiger partial charge is 0.370 e. The molecule has 3 N–H and O–H groups in total.